The first-order valence-electron chi connectivity index (χ1n) is 7.39. The zero-order chi connectivity index (χ0) is 14.3. The number of carbonyl (C=O) groups excluding carboxylic acids is 1. The van der Waals surface area contributed by atoms with Gasteiger partial charge < -0.3 is 15.0 Å². The first kappa shape index (κ1) is 14.6. The van der Waals surface area contributed by atoms with Gasteiger partial charge in [-0.25, -0.2) is 4.79 Å². The fraction of sp³-hybridized carbons (Fsp3) is 0.933. The summed E-state index contributed by atoms with van der Waals surface area (Å²) in [4.78, 5) is 13.8. The average molecular weight is 268 g/mol. The second-order valence-corrected chi connectivity index (χ2v) is 7.85. The molecule has 0 bridgehead atoms. The molecule has 0 spiro atoms. The van der Waals surface area contributed by atoms with Gasteiger partial charge in [-0.3, -0.25) is 0 Å². The van der Waals surface area contributed by atoms with Crippen LogP contribution in [-0.2, 0) is 4.74 Å². The number of carbonyl (C=O) groups is 1. The van der Waals surface area contributed by atoms with Gasteiger partial charge in [-0.1, -0.05) is 13.8 Å². The van der Waals surface area contributed by atoms with Crippen LogP contribution < -0.4 is 5.32 Å². The number of ether oxygens (including phenoxy) is 1. The van der Waals surface area contributed by atoms with Crippen LogP contribution in [0.2, 0.25) is 0 Å². The Hall–Kier alpha value is -0.770. The molecule has 0 aromatic heterocycles. The van der Waals surface area contributed by atoms with Gasteiger partial charge in [-0.15, -0.1) is 0 Å². The number of hydrogen-bond acceptors (Lipinski definition) is 3. The van der Waals surface area contributed by atoms with Gasteiger partial charge in [0.25, 0.3) is 0 Å². The molecule has 1 aliphatic heterocycles. The summed E-state index contributed by atoms with van der Waals surface area (Å²) in [6.45, 7) is 11.9. The summed E-state index contributed by atoms with van der Waals surface area (Å²) in [5.41, 5.74) is 0.0989. The molecule has 4 nitrogen and oxygen atoms in total. The van der Waals surface area contributed by atoms with Gasteiger partial charge >= 0.3 is 6.09 Å². The van der Waals surface area contributed by atoms with E-state index in [1.807, 2.05) is 25.7 Å². The second kappa shape index (κ2) is 4.97. The monoisotopic (exact) mass is 268 g/mol. The van der Waals surface area contributed by atoms with Crippen LogP contribution in [0.25, 0.3) is 0 Å². The number of nitrogens with zero attached hydrogens (tertiary/aromatic N) is 1. The van der Waals surface area contributed by atoms with Crippen LogP contribution in [0.15, 0.2) is 0 Å². The van der Waals surface area contributed by atoms with E-state index in [0.29, 0.717) is 17.5 Å². The summed E-state index contributed by atoms with van der Waals surface area (Å²) in [6, 6.07) is 1.08. The molecule has 0 radical (unpaired) electrons. The molecule has 1 heterocycles. The van der Waals surface area contributed by atoms with E-state index in [0.717, 1.165) is 19.5 Å². The Labute approximate surface area is 116 Å². The van der Waals surface area contributed by atoms with Crippen LogP contribution in [0.1, 0.15) is 53.9 Å². The molecule has 2 rings (SSSR count). The minimum absolute atomic E-state index is 0.175. The third kappa shape index (κ3) is 4.10. The van der Waals surface area contributed by atoms with Crippen molar-refractivity contribution in [3.05, 3.63) is 0 Å². The molecule has 1 atom stereocenters. The molecular formula is C15H28N2O2. The molecule has 0 aromatic rings. The first-order valence-corrected chi connectivity index (χ1v) is 7.39. The first-order chi connectivity index (χ1) is 8.65. The van der Waals surface area contributed by atoms with Crippen LogP contribution in [-0.4, -0.2) is 41.8 Å². The highest BCUT2D eigenvalue weighted by Crippen LogP contribution is 2.40. The maximum Gasteiger partial charge on any atom is 0.410 e. The maximum absolute atomic E-state index is 12.0. The quantitative estimate of drug-likeness (QED) is 0.837. The van der Waals surface area contributed by atoms with Gasteiger partial charge in [-0.2, -0.15) is 0 Å². The van der Waals surface area contributed by atoms with Gasteiger partial charge in [-0.05, 0) is 45.4 Å². The average Bonchev–Trinajstić information content (AvgIpc) is 2.60. The highest BCUT2D eigenvalue weighted by molar-refractivity contribution is 5.68. The normalized spacial score (nSPS) is 27.2. The Morgan fingerprint density at radius 1 is 1.26 bits per heavy atom. The predicted molar refractivity (Wildman–Crippen MR) is 76.2 cm³/mol. The summed E-state index contributed by atoms with van der Waals surface area (Å²) in [7, 11) is 0. The number of hydrogen-bond donors (Lipinski definition) is 1. The zero-order valence-electron chi connectivity index (χ0n) is 13.0. The van der Waals surface area contributed by atoms with Crippen molar-refractivity contribution in [1.82, 2.24) is 10.2 Å². The molecule has 1 unspecified atom stereocenters. The lowest BCUT2D eigenvalue weighted by atomic mass is 9.68. The van der Waals surface area contributed by atoms with Crippen molar-refractivity contribution < 1.29 is 9.53 Å². The molecule has 1 saturated carbocycles. The van der Waals surface area contributed by atoms with E-state index < -0.39 is 5.60 Å². The maximum atomic E-state index is 12.0. The van der Waals surface area contributed by atoms with E-state index in [9.17, 15) is 4.79 Å². The Morgan fingerprint density at radius 3 is 2.42 bits per heavy atom. The van der Waals surface area contributed by atoms with Crippen molar-refractivity contribution >= 4 is 6.09 Å². The fourth-order valence-corrected chi connectivity index (χ4v) is 3.11. The third-order valence-electron chi connectivity index (χ3n) is 3.91. The number of nitrogens with one attached hydrogen (secondary N) is 1. The third-order valence-corrected chi connectivity index (χ3v) is 3.91. The van der Waals surface area contributed by atoms with Crippen molar-refractivity contribution in [3.8, 4) is 0 Å². The van der Waals surface area contributed by atoms with Gasteiger partial charge in [0.15, 0.2) is 0 Å². The summed E-state index contributed by atoms with van der Waals surface area (Å²) < 4.78 is 5.41. The van der Waals surface area contributed by atoms with Gasteiger partial charge in [0.2, 0.25) is 0 Å². The molecular weight excluding hydrogens is 240 g/mol. The summed E-state index contributed by atoms with van der Waals surface area (Å²) in [5, 5.41) is 3.67. The number of likely N-dealkylation sites (tertiary alicyclic amines) is 1. The lowest BCUT2D eigenvalue weighted by Crippen LogP contribution is -2.50. The van der Waals surface area contributed by atoms with Crippen molar-refractivity contribution in [2.24, 2.45) is 5.41 Å². The van der Waals surface area contributed by atoms with Crippen LogP contribution in [0.5, 0.6) is 0 Å². The summed E-state index contributed by atoms with van der Waals surface area (Å²) in [6.07, 6.45) is 3.35. The smallest absolute Gasteiger partial charge is 0.410 e. The van der Waals surface area contributed by atoms with Gasteiger partial charge in [0, 0.05) is 25.2 Å². The Morgan fingerprint density at radius 2 is 1.89 bits per heavy atom. The molecule has 1 N–H and O–H groups in total. The van der Waals surface area contributed by atoms with E-state index in [1.165, 1.54) is 12.8 Å². The molecule has 19 heavy (non-hydrogen) atoms. The van der Waals surface area contributed by atoms with Crippen LogP contribution >= 0.6 is 0 Å². The van der Waals surface area contributed by atoms with Crippen molar-refractivity contribution in [2.45, 2.75) is 71.6 Å². The topological polar surface area (TPSA) is 41.6 Å². The minimum atomic E-state index is -0.402. The van der Waals surface area contributed by atoms with Gasteiger partial charge in [0.1, 0.15) is 5.60 Å². The molecule has 1 amide bonds. The fourth-order valence-electron chi connectivity index (χ4n) is 3.11. The molecule has 4 heteroatoms. The second-order valence-electron chi connectivity index (χ2n) is 7.85. The number of rotatable bonds is 2. The predicted octanol–water partition coefficient (Wildman–Crippen LogP) is 2.77. The lowest BCUT2D eigenvalue weighted by molar-refractivity contribution is 0.0286. The zero-order valence-corrected chi connectivity index (χ0v) is 13.0. The van der Waals surface area contributed by atoms with Crippen molar-refractivity contribution in [2.75, 3.05) is 13.1 Å². The molecule has 2 aliphatic rings. The molecule has 2 fully saturated rings. The molecule has 1 saturated heterocycles. The van der Waals surface area contributed by atoms with E-state index in [1.54, 1.807) is 0 Å². The Bertz CT molecular complexity index is 339. The molecule has 1 aliphatic carbocycles. The highest BCUT2D eigenvalue weighted by atomic mass is 16.6. The highest BCUT2D eigenvalue weighted by Gasteiger charge is 2.38. The van der Waals surface area contributed by atoms with Crippen LogP contribution in [0.4, 0.5) is 4.79 Å². The van der Waals surface area contributed by atoms with Crippen LogP contribution in [0.3, 0.4) is 0 Å². The largest absolute Gasteiger partial charge is 0.444 e. The number of amides is 1. The van der Waals surface area contributed by atoms with Crippen molar-refractivity contribution in [3.63, 3.8) is 0 Å². The summed E-state index contributed by atoms with van der Waals surface area (Å²) in [5.74, 6) is 0. The standard InChI is InChI=1S/C15H28N2O2/c1-14(2,3)19-13(18)17-7-6-11(10-17)16-12-8-15(4,5)9-12/h11-12,16H,6-10H2,1-5H3. The summed E-state index contributed by atoms with van der Waals surface area (Å²) >= 11 is 0. The van der Waals surface area contributed by atoms with E-state index in [-0.39, 0.29) is 6.09 Å². The lowest BCUT2D eigenvalue weighted by Gasteiger charge is -2.44. The Balaban J connectivity index is 1.73. The molecule has 0 aromatic carbocycles. The van der Waals surface area contributed by atoms with E-state index in [2.05, 4.69) is 19.2 Å². The SMILES string of the molecule is CC1(C)CC(NC2CCN(C(=O)OC(C)(C)C)C2)C1. The van der Waals surface area contributed by atoms with Crippen LogP contribution in [0, 0.1) is 5.41 Å². The van der Waals surface area contributed by atoms with Gasteiger partial charge in [0.05, 0.1) is 0 Å². The minimum Gasteiger partial charge on any atom is -0.444 e. The molecule has 110 valence electrons. The Kier molecular flexibility index (Phi) is 3.83. The van der Waals surface area contributed by atoms with Crippen molar-refractivity contribution in [1.29, 1.82) is 0 Å². The van der Waals surface area contributed by atoms with E-state index in [4.69, 9.17) is 4.74 Å². The van der Waals surface area contributed by atoms with E-state index >= 15 is 0 Å².